The smallest absolute Gasteiger partial charge is 0.215 e. The highest BCUT2D eigenvalue weighted by atomic mass is 79.9. The van der Waals surface area contributed by atoms with Crippen molar-refractivity contribution in [3.8, 4) is 0 Å². The summed E-state index contributed by atoms with van der Waals surface area (Å²) in [5.41, 5.74) is 3.57. The number of rotatable bonds is 5. The zero-order chi connectivity index (χ0) is 16.1. The van der Waals surface area contributed by atoms with Crippen molar-refractivity contribution in [2.24, 2.45) is 4.99 Å². The van der Waals surface area contributed by atoms with Crippen LogP contribution in [0.2, 0.25) is 0 Å². The Morgan fingerprint density at radius 2 is 1.83 bits per heavy atom. The molecule has 1 N–H and O–H groups in total. The van der Waals surface area contributed by atoms with Crippen molar-refractivity contribution in [2.75, 3.05) is 5.75 Å². The molecule has 0 fully saturated rings. The minimum absolute atomic E-state index is 0.223. The van der Waals surface area contributed by atoms with Crippen LogP contribution in [0.25, 0.3) is 0 Å². The topological polar surface area (TPSA) is 24.4 Å². The van der Waals surface area contributed by atoms with E-state index in [0.29, 0.717) is 0 Å². The van der Waals surface area contributed by atoms with Gasteiger partial charge in [0.15, 0.2) is 0 Å². The molecule has 0 saturated heterocycles. The summed E-state index contributed by atoms with van der Waals surface area (Å²) in [6.07, 6.45) is 2.77. The summed E-state index contributed by atoms with van der Waals surface area (Å²) in [4.78, 5) is 4.93. The summed E-state index contributed by atoms with van der Waals surface area (Å²) < 4.78 is -0.523. The van der Waals surface area contributed by atoms with Gasteiger partial charge in [0.1, 0.15) is 0 Å². The first-order valence-electron chi connectivity index (χ1n) is 7.61. The molecule has 4 heteroatoms. The van der Waals surface area contributed by atoms with Crippen molar-refractivity contribution in [3.63, 3.8) is 0 Å². The molecule has 0 radical (unpaired) electrons. The Bertz CT molecular complexity index is 687. The van der Waals surface area contributed by atoms with Crippen LogP contribution in [-0.4, -0.2) is 15.4 Å². The van der Waals surface area contributed by atoms with E-state index in [4.69, 9.17) is 4.99 Å². The third-order valence-electron chi connectivity index (χ3n) is 3.73. The molecule has 23 heavy (non-hydrogen) atoms. The van der Waals surface area contributed by atoms with Crippen LogP contribution < -0.4 is 5.32 Å². The van der Waals surface area contributed by atoms with E-state index in [2.05, 4.69) is 76.4 Å². The van der Waals surface area contributed by atoms with Gasteiger partial charge < -0.3 is 0 Å². The summed E-state index contributed by atoms with van der Waals surface area (Å²) in [5.74, 6) is 0.825. The molecule has 2 nitrogen and oxygen atoms in total. The second kappa shape index (κ2) is 7.47. The van der Waals surface area contributed by atoms with Crippen LogP contribution in [-0.2, 0) is 0 Å². The summed E-state index contributed by atoms with van der Waals surface area (Å²) >= 11 is 5.49. The predicted octanol–water partition coefficient (Wildman–Crippen LogP) is 5.14. The maximum absolute atomic E-state index is 4.93. The van der Waals surface area contributed by atoms with Gasteiger partial charge in [-0.2, -0.15) is 0 Å². The quantitative estimate of drug-likeness (QED) is 0.437. The lowest BCUT2D eigenvalue weighted by atomic mass is 9.96. The first-order valence-corrected chi connectivity index (χ1v) is 9.38. The van der Waals surface area contributed by atoms with Gasteiger partial charge in [-0.25, -0.2) is 4.99 Å². The van der Waals surface area contributed by atoms with E-state index in [-0.39, 0.29) is 6.04 Å². The van der Waals surface area contributed by atoms with Crippen molar-refractivity contribution < 1.29 is 0 Å². The Balaban J connectivity index is 1.95. The highest BCUT2D eigenvalue weighted by Gasteiger charge is 2.35. The SMILES string of the molecule is C=CCS[C@]1(Br)N=C(c2ccccc2)C[C@@H](c2ccccc2)N1. The zero-order valence-corrected chi connectivity index (χ0v) is 15.2. The normalized spacial score (nSPS) is 24.0. The standard InChI is InChI=1S/C19H19BrN2S/c1-2-13-23-19(20)21-17(15-9-5-3-6-10-15)14-18(22-19)16-11-7-4-8-12-16/h2-12,17,21H,1,13-14H2/t17-,19-/m0/s1. The van der Waals surface area contributed by atoms with Gasteiger partial charge in [-0.3, -0.25) is 5.32 Å². The molecular formula is C19H19BrN2S. The summed E-state index contributed by atoms with van der Waals surface area (Å²) in [6, 6.07) is 21.2. The predicted molar refractivity (Wildman–Crippen MR) is 104 cm³/mol. The fourth-order valence-corrected chi connectivity index (χ4v) is 4.28. The van der Waals surface area contributed by atoms with Crippen LogP contribution in [0.4, 0.5) is 0 Å². The van der Waals surface area contributed by atoms with Gasteiger partial charge in [0.05, 0.1) is 0 Å². The summed E-state index contributed by atoms with van der Waals surface area (Å²) in [5, 5.41) is 3.63. The average molecular weight is 387 g/mol. The Labute approximate surface area is 150 Å². The second-order valence-electron chi connectivity index (χ2n) is 5.40. The highest BCUT2D eigenvalue weighted by molar-refractivity contribution is 9.11. The number of halogens is 1. The van der Waals surface area contributed by atoms with Crippen LogP contribution in [0.5, 0.6) is 0 Å². The fourth-order valence-electron chi connectivity index (χ4n) is 2.65. The summed E-state index contributed by atoms with van der Waals surface area (Å²) in [7, 11) is 0. The molecule has 0 aromatic heterocycles. The van der Waals surface area contributed by atoms with E-state index < -0.39 is 3.90 Å². The molecule has 118 valence electrons. The molecule has 2 aromatic rings. The van der Waals surface area contributed by atoms with Gasteiger partial charge in [-0.1, -0.05) is 66.7 Å². The number of thioether (sulfide) groups is 1. The number of alkyl halides is 1. The number of aliphatic imine (C=N–C) groups is 1. The lowest BCUT2D eigenvalue weighted by molar-refractivity contribution is 0.496. The maximum Gasteiger partial charge on any atom is 0.215 e. The van der Waals surface area contributed by atoms with Crippen molar-refractivity contribution in [1.29, 1.82) is 0 Å². The Hall–Kier alpha value is -1.36. The van der Waals surface area contributed by atoms with E-state index in [1.807, 2.05) is 18.2 Å². The van der Waals surface area contributed by atoms with Crippen LogP contribution in [0, 0.1) is 0 Å². The molecule has 3 rings (SSSR count). The molecule has 2 aromatic carbocycles. The van der Waals surface area contributed by atoms with Gasteiger partial charge in [0.2, 0.25) is 3.90 Å². The van der Waals surface area contributed by atoms with Crippen LogP contribution >= 0.6 is 27.7 Å². The Morgan fingerprint density at radius 1 is 1.17 bits per heavy atom. The van der Waals surface area contributed by atoms with E-state index in [1.165, 1.54) is 11.1 Å². The molecule has 0 unspecified atom stereocenters. The number of hydrogen-bond acceptors (Lipinski definition) is 3. The minimum Gasteiger partial charge on any atom is -0.268 e. The zero-order valence-electron chi connectivity index (χ0n) is 12.8. The van der Waals surface area contributed by atoms with E-state index in [1.54, 1.807) is 11.8 Å². The Morgan fingerprint density at radius 3 is 2.48 bits per heavy atom. The van der Waals surface area contributed by atoms with Crippen LogP contribution in [0.15, 0.2) is 78.3 Å². The molecule has 0 bridgehead atoms. The number of nitrogens with zero attached hydrogens (tertiary/aromatic N) is 1. The van der Waals surface area contributed by atoms with Crippen LogP contribution in [0.3, 0.4) is 0 Å². The molecule has 0 amide bonds. The number of benzene rings is 2. The van der Waals surface area contributed by atoms with Gasteiger partial charge >= 0.3 is 0 Å². The van der Waals surface area contributed by atoms with E-state index in [9.17, 15) is 0 Å². The number of hydrogen-bond donors (Lipinski definition) is 1. The van der Waals surface area contributed by atoms with E-state index >= 15 is 0 Å². The van der Waals surface area contributed by atoms with Crippen molar-refractivity contribution in [2.45, 2.75) is 16.4 Å². The summed E-state index contributed by atoms with van der Waals surface area (Å²) in [6.45, 7) is 3.81. The lowest BCUT2D eigenvalue weighted by Crippen LogP contribution is -2.43. The van der Waals surface area contributed by atoms with Gasteiger partial charge in [-0.15, -0.1) is 18.3 Å². The lowest BCUT2D eigenvalue weighted by Gasteiger charge is -2.35. The molecular weight excluding hydrogens is 368 g/mol. The van der Waals surface area contributed by atoms with Crippen molar-refractivity contribution in [1.82, 2.24) is 5.32 Å². The maximum atomic E-state index is 4.93. The van der Waals surface area contributed by atoms with Crippen molar-refractivity contribution in [3.05, 3.63) is 84.4 Å². The van der Waals surface area contributed by atoms with Crippen molar-refractivity contribution >= 4 is 33.4 Å². The first-order chi connectivity index (χ1) is 11.2. The van der Waals surface area contributed by atoms with Gasteiger partial charge in [0.25, 0.3) is 0 Å². The monoisotopic (exact) mass is 386 g/mol. The third-order valence-corrected chi connectivity index (χ3v) is 5.82. The van der Waals surface area contributed by atoms with Gasteiger partial charge in [0, 0.05) is 23.9 Å². The minimum atomic E-state index is -0.523. The highest BCUT2D eigenvalue weighted by Crippen LogP contribution is 2.39. The first kappa shape index (κ1) is 16.5. The largest absolute Gasteiger partial charge is 0.268 e. The Kier molecular flexibility index (Phi) is 5.36. The molecule has 0 spiro atoms. The molecule has 1 aliphatic rings. The molecule has 1 heterocycles. The molecule has 1 aliphatic heterocycles. The molecule has 0 aliphatic carbocycles. The number of nitrogens with one attached hydrogen (secondary N) is 1. The van der Waals surface area contributed by atoms with Crippen LogP contribution in [0.1, 0.15) is 23.6 Å². The molecule has 2 atom stereocenters. The molecule has 0 saturated carbocycles. The third kappa shape index (κ3) is 4.14. The fraction of sp³-hybridized carbons (Fsp3) is 0.211. The van der Waals surface area contributed by atoms with Gasteiger partial charge in [-0.05, 0) is 27.1 Å². The second-order valence-corrected chi connectivity index (χ2v) is 8.28. The van der Waals surface area contributed by atoms with E-state index in [0.717, 1.165) is 17.9 Å². The average Bonchev–Trinajstić information content (AvgIpc) is 2.61.